The third-order valence-corrected chi connectivity index (χ3v) is 3.39. The largest absolute Gasteiger partial charge is 0.495 e. The molecule has 2 N–H and O–H groups in total. The normalized spacial score (nSPS) is 10.1. The van der Waals surface area contributed by atoms with Crippen molar-refractivity contribution >= 4 is 40.6 Å². The smallest absolute Gasteiger partial charge is 0.323 e. The van der Waals surface area contributed by atoms with E-state index >= 15 is 0 Å². The number of urea groups is 1. The molecule has 2 aromatic rings. The molecular weight excluding hydrogens is 311 g/mol. The van der Waals surface area contributed by atoms with Gasteiger partial charge >= 0.3 is 6.03 Å². The summed E-state index contributed by atoms with van der Waals surface area (Å²) in [5.74, 6) is 0.549. The summed E-state index contributed by atoms with van der Waals surface area (Å²) in [4.78, 5) is 12.0. The lowest BCUT2D eigenvalue weighted by Gasteiger charge is -2.11. The number of hydrogen-bond acceptors (Lipinski definition) is 2. The highest BCUT2D eigenvalue weighted by Crippen LogP contribution is 2.27. The minimum Gasteiger partial charge on any atom is -0.495 e. The summed E-state index contributed by atoms with van der Waals surface area (Å²) in [5, 5.41) is 6.42. The topological polar surface area (TPSA) is 50.4 Å². The van der Waals surface area contributed by atoms with Crippen molar-refractivity contribution in [2.24, 2.45) is 0 Å². The van der Waals surface area contributed by atoms with E-state index in [9.17, 15) is 4.79 Å². The first-order valence-electron chi connectivity index (χ1n) is 6.17. The van der Waals surface area contributed by atoms with Gasteiger partial charge in [-0.15, -0.1) is 0 Å². The Bertz CT molecular complexity index is 675. The summed E-state index contributed by atoms with van der Waals surface area (Å²) in [5.41, 5.74) is 2.14. The number of aryl methyl sites for hydroxylation is 1. The minimum absolute atomic E-state index is 0.374. The molecule has 2 amide bonds. The summed E-state index contributed by atoms with van der Waals surface area (Å²) in [6.45, 7) is 1.89. The van der Waals surface area contributed by atoms with E-state index in [0.717, 1.165) is 5.56 Å². The zero-order chi connectivity index (χ0) is 15.4. The molecule has 0 radical (unpaired) electrons. The number of rotatable bonds is 3. The third-order valence-electron chi connectivity index (χ3n) is 2.86. The Hall–Kier alpha value is -1.91. The molecular formula is C15H14Cl2N2O2. The van der Waals surface area contributed by atoms with Crippen molar-refractivity contribution in [1.82, 2.24) is 0 Å². The van der Waals surface area contributed by atoms with Gasteiger partial charge in [0.15, 0.2) is 0 Å². The molecule has 0 aliphatic rings. The van der Waals surface area contributed by atoms with Crippen molar-refractivity contribution in [3.05, 3.63) is 52.0 Å². The second-order valence-corrected chi connectivity index (χ2v) is 5.23. The van der Waals surface area contributed by atoms with Crippen molar-refractivity contribution in [3.63, 3.8) is 0 Å². The fourth-order valence-electron chi connectivity index (χ4n) is 1.76. The Morgan fingerprint density at radius 2 is 1.86 bits per heavy atom. The van der Waals surface area contributed by atoms with Gasteiger partial charge in [0.2, 0.25) is 0 Å². The first-order chi connectivity index (χ1) is 9.99. The van der Waals surface area contributed by atoms with Gasteiger partial charge in [0.25, 0.3) is 0 Å². The zero-order valence-electron chi connectivity index (χ0n) is 11.5. The molecule has 0 saturated heterocycles. The fraction of sp³-hybridized carbons (Fsp3) is 0.133. The van der Waals surface area contributed by atoms with Crippen LogP contribution in [0.2, 0.25) is 10.0 Å². The Labute approximate surface area is 133 Å². The number of amides is 2. The third kappa shape index (κ3) is 4.03. The zero-order valence-corrected chi connectivity index (χ0v) is 13.0. The molecule has 0 aromatic heterocycles. The van der Waals surface area contributed by atoms with Gasteiger partial charge in [-0.2, -0.15) is 0 Å². The molecule has 6 heteroatoms. The molecule has 0 unspecified atom stereocenters. The van der Waals surface area contributed by atoms with Gasteiger partial charge in [0.1, 0.15) is 5.75 Å². The van der Waals surface area contributed by atoms with E-state index in [-0.39, 0.29) is 6.03 Å². The first-order valence-corrected chi connectivity index (χ1v) is 6.93. The van der Waals surface area contributed by atoms with Crippen molar-refractivity contribution < 1.29 is 9.53 Å². The molecule has 2 rings (SSSR count). The molecule has 2 aromatic carbocycles. The standard InChI is InChI=1S/C15H14Cl2N2O2/c1-9-3-4-10(16)7-13(9)19-15(20)18-11-5-6-14(21-2)12(17)8-11/h3-8H,1-2H3,(H2,18,19,20). The Morgan fingerprint density at radius 1 is 1.10 bits per heavy atom. The van der Waals surface area contributed by atoms with Crippen LogP contribution in [0.4, 0.5) is 16.2 Å². The Kier molecular flexibility index (Phi) is 4.94. The van der Waals surface area contributed by atoms with Crippen molar-refractivity contribution in [3.8, 4) is 5.75 Å². The monoisotopic (exact) mass is 324 g/mol. The maximum absolute atomic E-state index is 12.0. The van der Waals surface area contributed by atoms with Gasteiger partial charge in [-0.1, -0.05) is 29.3 Å². The van der Waals surface area contributed by atoms with Crippen molar-refractivity contribution in [2.45, 2.75) is 6.92 Å². The number of halogens is 2. The summed E-state index contributed by atoms with van der Waals surface area (Å²) < 4.78 is 5.05. The summed E-state index contributed by atoms with van der Waals surface area (Å²) in [7, 11) is 1.53. The van der Waals surface area contributed by atoms with E-state index in [4.69, 9.17) is 27.9 Å². The molecule has 0 aliphatic carbocycles. The number of carbonyl (C=O) groups is 1. The molecule has 0 fully saturated rings. The van der Waals surface area contributed by atoms with Crippen LogP contribution in [0, 0.1) is 6.92 Å². The van der Waals surface area contributed by atoms with Gasteiger partial charge in [-0.05, 0) is 42.8 Å². The average molecular weight is 325 g/mol. The highest BCUT2D eigenvalue weighted by molar-refractivity contribution is 6.32. The highest BCUT2D eigenvalue weighted by Gasteiger charge is 2.07. The van der Waals surface area contributed by atoms with E-state index < -0.39 is 0 Å². The lowest BCUT2D eigenvalue weighted by molar-refractivity contribution is 0.262. The average Bonchev–Trinajstić information content (AvgIpc) is 2.43. The predicted octanol–water partition coefficient (Wildman–Crippen LogP) is 4.95. The number of anilines is 2. The van der Waals surface area contributed by atoms with Crippen LogP contribution in [-0.2, 0) is 0 Å². The van der Waals surface area contributed by atoms with E-state index in [1.807, 2.05) is 13.0 Å². The van der Waals surface area contributed by atoms with E-state index in [1.165, 1.54) is 7.11 Å². The Morgan fingerprint density at radius 3 is 2.52 bits per heavy atom. The maximum Gasteiger partial charge on any atom is 0.323 e. The second kappa shape index (κ2) is 6.70. The van der Waals surface area contributed by atoms with Crippen LogP contribution in [0.25, 0.3) is 0 Å². The van der Waals surface area contributed by atoms with E-state index in [1.54, 1.807) is 30.3 Å². The number of ether oxygens (including phenoxy) is 1. The molecule has 0 heterocycles. The number of carbonyl (C=O) groups excluding carboxylic acids is 1. The fourth-order valence-corrected chi connectivity index (χ4v) is 2.19. The first kappa shape index (κ1) is 15.5. The van der Waals surface area contributed by atoms with Crippen LogP contribution in [0.15, 0.2) is 36.4 Å². The number of nitrogens with one attached hydrogen (secondary N) is 2. The minimum atomic E-state index is -0.374. The highest BCUT2D eigenvalue weighted by atomic mass is 35.5. The SMILES string of the molecule is COc1ccc(NC(=O)Nc2cc(Cl)ccc2C)cc1Cl. The van der Waals surface area contributed by atoms with Gasteiger partial charge < -0.3 is 15.4 Å². The second-order valence-electron chi connectivity index (χ2n) is 4.39. The number of methoxy groups -OCH3 is 1. The van der Waals surface area contributed by atoms with Crippen LogP contribution in [-0.4, -0.2) is 13.1 Å². The Balaban J connectivity index is 2.08. The molecule has 110 valence electrons. The molecule has 0 bridgehead atoms. The lowest BCUT2D eigenvalue weighted by atomic mass is 10.2. The quantitative estimate of drug-likeness (QED) is 0.838. The van der Waals surface area contributed by atoms with Crippen LogP contribution in [0.3, 0.4) is 0 Å². The lowest BCUT2D eigenvalue weighted by Crippen LogP contribution is -2.19. The summed E-state index contributed by atoms with van der Waals surface area (Å²) >= 11 is 11.9. The molecule has 0 spiro atoms. The van der Waals surface area contributed by atoms with E-state index in [0.29, 0.717) is 27.2 Å². The van der Waals surface area contributed by atoms with Crippen molar-refractivity contribution in [1.29, 1.82) is 0 Å². The molecule has 4 nitrogen and oxygen atoms in total. The van der Waals surface area contributed by atoms with Crippen LogP contribution >= 0.6 is 23.2 Å². The molecule has 0 aliphatic heterocycles. The molecule has 0 saturated carbocycles. The summed E-state index contributed by atoms with van der Waals surface area (Å²) in [6.07, 6.45) is 0. The summed E-state index contributed by atoms with van der Waals surface area (Å²) in [6, 6.07) is 9.92. The number of benzene rings is 2. The molecule has 0 atom stereocenters. The van der Waals surface area contributed by atoms with E-state index in [2.05, 4.69) is 10.6 Å². The van der Waals surface area contributed by atoms with Crippen LogP contribution in [0.5, 0.6) is 5.75 Å². The van der Waals surface area contributed by atoms with Gasteiger partial charge in [-0.25, -0.2) is 4.79 Å². The molecule has 21 heavy (non-hydrogen) atoms. The maximum atomic E-state index is 12.0. The predicted molar refractivity (Wildman–Crippen MR) is 86.8 cm³/mol. The van der Waals surface area contributed by atoms with Gasteiger partial charge in [0.05, 0.1) is 12.1 Å². The van der Waals surface area contributed by atoms with Crippen LogP contribution < -0.4 is 15.4 Å². The number of hydrogen-bond donors (Lipinski definition) is 2. The van der Waals surface area contributed by atoms with Crippen LogP contribution in [0.1, 0.15) is 5.56 Å². The van der Waals surface area contributed by atoms with Gasteiger partial charge in [0, 0.05) is 16.4 Å². The van der Waals surface area contributed by atoms with Crippen molar-refractivity contribution in [2.75, 3.05) is 17.7 Å². The van der Waals surface area contributed by atoms with Gasteiger partial charge in [-0.3, -0.25) is 0 Å².